The third-order valence-electron chi connectivity index (χ3n) is 3.94. The van der Waals surface area contributed by atoms with Crippen LogP contribution in [-0.4, -0.2) is 15.6 Å². The lowest BCUT2D eigenvalue weighted by Crippen LogP contribution is -2.09. The first-order valence-corrected chi connectivity index (χ1v) is 6.76. The number of nitrogens with one attached hydrogen (secondary N) is 1. The van der Waals surface area contributed by atoms with Gasteiger partial charge in [0.25, 0.3) is 0 Å². The molecule has 0 bridgehead atoms. The topological polar surface area (TPSA) is 29.9 Å². The van der Waals surface area contributed by atoms with Crippen LogP contribution in [0.1, 0.15) is 36.8 Å². The molecular formula is C15H17N3. The van der Waals surface area contributed by atoms with Gasteiger partial charge in [0.1, 0.15) is 0 Å². The number of nitrogens with zero attached hydrogens (tertiary/aromatic N) is 2. The number of aromatic nitrogens is 2. The van der Waals surface area contributed by atoms with Gasteiger partial charge in [-0.2, -0.15) is 0 Å². The Morgan fingerprint density at radius 1 is 1.17 bits per heavy atom. The number of rotatable bonds is 4. The van der Waals surface area contributed by atoms with Gasteiger partial charge in [-0.25, -0.2) is 4.98 Å². The molecule has 0 amide bonds. The molecule has 1 aromatic carbocycles. The van der Waals surface area contributed by atoms with Crippen LogP contribution in [0.25, 0.3) is 0 Å². The van der Waals surface area contributed by atoms with Gasteiger partial charge in [-0.3, -0.25) is 0 Å². The zero-order chi connectivity index (χ0) is 11.9. The van der Waals surface area contributed by atoms with Crippen molar-refractivity contribution in [2.75, 3.05) is 5.32 Å². The summed E-state index contributed by atoms with van der Waals surface area (Å²) in [5.74, 6) is 1.72. The summed E-state index contributed by atoms with van der Waals surface area (Å²) in [5, 5.41) is 3.59. The largest absolute Gasteiger partial charge is 0.352 e. The molecule has 2 fully saturated rings. The minimum Gasteiger partial charge on any atom is -0.352 e. The van der Waals surface area contributed by atoms with Gasteiger partial charge in [-0.15, -0.1) is 0 Å². The average molecular weight is 239 g/mol. The lowest BCUT2D eigenvalue weighted by atomic mass is 10.1. The first-order valence-electron chi connectivity index (χ1n) is 6.76. The van der Waals surface area contributed by atoms with Gasteiger partial charge in [0.2, 0.25) is 5.95 Å². The molecule has 0 radical (unpaired) electrons. The zero-order valence-electron chi connectivity index (χ0n) is 10.3. The second-order valence-corrected chi connectivity index (χ2v) is 5.39. The predicted molar refractivity (Wildman–Crippen MR) is 71.7 cm³/mol. The highest BCUT2D eigenvalue weighted by molar-refractivity contribution is 5.38. The molecular weight excluding hydrogens is 222 g/mol. The van der Waals surface area contributed by atoms with E-state index in [1.165, 1.54) is 24.8 Å². The first kappa shape index (κ1) is 10.2. The summed E-state index contributed by atoms with van der Waals surface area (Å²) in [6, 6.07) is 12.0. The molecule has 3 nitrogen and oxygen atoms in total. The van der Waals surface area contributed by atoms with Crippen molar-refractivity contribution in [2.24, 2.45) is 0 Å². The quantitative estimate of drug-likeness (QED) is 0.888. The molecule has 2 saturated carbocycles. The van der Waals surface area contributed by atoms with Crippen molar-refractivity contribution in [1.82, 2.24) is 9.55 Å². The number of anilines is 1. The van der Waals surface area contributed by atoms with E-state index in [9.17, 15) is 0 Å². The SMILES string of the molecule is c1ccc(C2CC2Nc2nccn2C2CC2)cc1. The fourth-order valence-electron chi connectivity index (χ4n) is 2.66. The zero-order valence-corrected chi connectivity index (χ0v) is 10.3. The van der Waals surface area contributed by atoms with Gasteiger partial charge in [0.15, 0.2) is 0 Å². The van der Waals surface area contributed by atoms with Crippen LogP contribution in [-0.2, 0) is 0 Å². The Morgan fingerprint density at radius 3 is 2.78 bits per heavy atom. The van der Waals surface area contributed by atoms with Crippen LogP contribution in [0.4, 0.5) is 5.95 Å². The molecule has 1 N–H and O–H groups in total. The normalized spacial score (nSPS) is 26.0. The molecule has 2 aromatic rings. The van der Waals surface area contributed by atoms with Gasteiger partial charge in [0.05, 0.1) is 0 Å². The first-order chi connectivity index (χ1) is 8.92. The number of imidazole rings is 1. The smallest absolute Gasteiger partial charge is 0.203 e. The second kappa shape index (κ2) is 3.87. The van der Waals surface area contributed by atoms with Crippen molar-refractivity contribution in [1.29, 1.82) is 0 Å². The van der Waals surface area contributed by atoms with E-state index in [4.69, 9.17) is 0 Å². The van der Waals surface area contributed by atoms with Crippen molar-refractivity contribution < 1.29 is 0 Å². The van der Waals surface area contributed by atoms with E-state index >= 15 is 0 Å². The Hall–Kier alpha value is -1.77. The maximum Gasteiger partial charge on any atom is 0.203 e. The third kappa shape index (κ3) is 1.80. The maximum atomic E-state index is 4.44. The molecule has 3 heteroatoms. The van der Waals surface area contributed by atoms with E-state index in [0.717, 1.165) is 5.95 Å². The predicted octanol–water partition coefficient (Wildman–Crippen LogP) is 3.19. The van der Waals surface area contributed by atoms with E-state index in [2.05, 4.69) is 51.4 Å². The molecule has 1 aromatic heterocycles. The van der Waals surface area contributed by atoms with Crippen LogP contribution in [0.3, 0.4) is 0 Å². The molecule has 92 valence electrons. The lowest BCUT2D eigenvalue weighted by Gasteiger charge is -2.08. The summed E-state index contributed by atoms with van der Waals surface area (Å²) in [7, 11) is 0. The highest BCUT2D eigenvalue weighted by Gasteiger charge is 2.39. The van der Waals surface area contributed by atoms with Gasteiger partial charge >= 0.3 is 0 Å². The van der Waals surface area contributed by atoms with Gasteiger partial charge in [0, 0.05) is 30.4 Å². The summed E-state index contributed by atoms with van der Waals surface area (Å²) in [6.45, 7) is 0. The number of hydrogen-bond acceptors (Lipinski definition) is 2. The van der Waals surface area contributed by atoms with E-state index in [0.29, 0.717) is 18.0 Å². The van der Waals surface area contributed by atoms with Gasteiger partial charge < -0.3 is 9.88 Å². The van der Waals surface area contributed by atoms with Crippen molar-refractivity contribution in [3.8, 4) is 0 Å². The summed E-state index contributed by atoms with van der Waals surface area (Å²) in [6.07, 6.45) is 7.83. The third-order valence-corrected chi connectivity index (χ3v) is 3.94. The Kier molecular flexibility index (Phi) is 2.19. The van der Waals surface area contributed by atoms with Crippen LogP contribution < -0.4 is 5.32 Å². The summed E-state index contributed by atoms with van der Waals surface area (Å²) >= 11 is 0. The van der Waals surface area contributed by atoms with Crippen LogP contribution in [0.15, 0.2) is 42.7 Å². The van der Waals surface area contributed by atoms with Crippen LogP contribution in [0, 0.1) is 0 Å². The van der Waals surface area contributed by atoms with E-state index < -0.39 is 0 Å². The second-order valence-electron chi connectivity index (χ2n) is 5.39. The summed E-state index contributed by atoms with van der Waals surface area (Å²) < 4.78 is 2.29. The average Bonchev–Trinajstić information content (AvgIpc) is 3.31. The van der Waals surface area contributed by atoms with E-state index in [-0.39, 0.29) is 0 Å². The fourth-order valence-corrected chi connectivity index (χ4v) is 2.66. The van der Waals surface area contributed by atoms with Crippen LogP contribution in [0.2, 0.25) is 0 Å². The minimum atomic E-state index is 0.562. The van der Waals surface area contributed by atoms with Gasteiger partial charge in [-0.05, 0) is 24.8 Å². The molecule has 2 atom stereocenters. The molecule has 2 unspecified atom stereocenters. The molecule has 0 saturated heterocycles. The highest BCUT2D eigenvalue weighted by Crippen LogP contribution is 2.43. The van der Waals surface area contributed by atoms with Crippen molar-refractivity contribution >= 4 is 5.95 Å². The number of hydrogen-bond donors (Lipinski definition) is 1. The van der Waals surface area contributed by atoms with Crippen molar-refractivity contribution in [2.45, 2.75) is 37.3 Å². The minimum absolute atomic E-state index is 0.562. The maximum absolute atomic E-state index is 4.44. The molecule has 2 aliphatic rings. The summed E-state index contributed by atoms with van der Waals surface area (Å²) in [5.41, 5.74) is 1.44. The van der Waals surface area contributed by atoms with Crippen LogP contribution >= 0.6 is 0 Å². The Labute approximate surface area is 107 Å². The Morgan fingerprint density at radius 2 is 2.00 bits per heavy atom. The molecule has 1 heterocycles. The fraction of sp³-hybridized carbons (Fsp3) is 0.400. The Bertz CT molecular complexity index is 542. The van der Waals surface area contributed by atoms with Crippen molar-refractivity contribution in [3.05, 3.63) is 48.3 Å². The summed E-state index contributed by atoms with van der Waals surface area (Å²) in [4.78, 5) is 4.44. The molecule has 18 heavy (non-hydrogen) atoms. The van der Waals surface area contributed by atoms with Crippen molar-refractivity contribution in [3.63, 3.8) is 0 Å². The monoisotopic (exact) mass is 239 g/mol. The molecule has 0 spiro atoms. The van der Waals surface area contributed by atoms with Crippen LogP contribution in [0.5, 0.6) is 0 Å². The van der Waals surface area contributed by atoms with E-state index in [1.54, 1.807) is 0 Å². The van der Waals surface area contributed by atoms with E-state index in [1.807, 2.05) is 6.20 Å². The Balaban J connectivity index is 1.46. The number of benzene rings is 1. The molecule has 4 rings (SSSR count). The lowest BCUT2D eigenvalue weighted by molar-refractivity contribution is 0.741. The molecule has 2 aliphatic carbocycles. The highest BCUT2D eigenvalue weighted by atomic mass is 15.2. The molecule has 0 aliphatic heterocycles. The van der Waals surface area contributed by atoms with Gasteiger partial charge in [-0.1, -0.05) is 30.3 Å². The standard InChI is InChI=1S/C15H17N3/c1-2-4-11(5-3-1)13-10-14(13)17-15-16-8-9-18(15)12-6-7-12/h1-5,8-9,12-14H,6-7,10H2,(H,16,17).